The second kappa shape index (κ2) is 10.1. The van der Waals surface area contributed by atoms with Gasteiger partial charge >= 0.3 is 5.97 Å². The van der Waals surface area contributed by atoms with Crippen molar-refractivity contribution in [3.05, 3.63) is 72.3 Å². The number of hydrogen-bond acceptors (Lipinski definition) is 5. The van der Waals surface area contributed by atoms with Gasteiger partial charge in [-0.3, -0.25) is 9.59 Å². The summed E-state index contributed by atoms with van der Waals surface area (Å²) in [7, 11) is 0. The molecular formula is C27H24N4O4. The van der Waals surface area contributed by atoms with E-state index in [0.29, 0.717) is 11.4 Å². The highest BCUT2D eigenvalue weighted by Gasteiger charge is 2.20. The minimum atomic E-state index is -1.02. The SMILES string of the molecule is CCn1c2ccccc2c2cc(NC(=O)[C@@H](C)OC(=O)c3ccc(NC(=O)CC#N)cc3)ccc21. The number of rotatable bonds is 7. The Morgan fingerprint density at radius 1 is 0.943 bits per heavy atom. The fraction of sp³-hybridized carbons (Fsp3) is 0.185. The van der Waals surface area contributed by atoms with E-state index in [2.05, 4.69) is 34.3 Å². The Morgan fingerprint density at radius 3 is 2.34 bits per heavy atom. The molecule has 0 radical (unpaired) electrons. The van der Waals surface area contributed by atoms with E-state index >= 15 is 0 Å². The van der Waals surface area contributed by atoms with Gasteiger partial charge in [0.05, 0.1) is 11.6 Å². The first kappa shape index (κ1) is 23.5. The van der Waals surface area contributed by atoms with Gasteiger partial charge in [0.15, 0.2) is 6.10 Å². The van der Waals surface area contributed by atoms with Crippen LogP contribution in [0.15, 0.2) is 66.7 Å². The van der Waals surface area contributed by atoms with E-state index in [-0.39, 0.29) is 12.0 Å². The normalized spacial score (nSPS) is 11.6. The maximum Gasteiger partial charge on any atom is 0.338 e. The van der Waals surface area contributed by atoms with Gasteiger partial charge < -0.3 is 19.9 Å². The standard InChI is InChI=1S/C27H24N4O4/c1-3-31-23-7-5-4-6-21(23)22-16-20(12-13-24(22)31)30-26(33)17(2)35-27(34)18-8-10-19(11-9-18)29-25(32)14-15-28/h4-13,16-17H,3,14H2,1-2H3,(H,29,32)(H,30,33)/t17-/m1/s1. The van der Waals surface area contributed by atoms with Crippen LogP contribution in [0.25, 0.3) is 21.8 Å². The number of aromatic nitrogens is 1. The van der Waals surface area contributed by atoms with Crippen LogP contribution in [-0.2, 0) is 20.9 Å². The van der Waals surface area contributed by atoms with Crippen molar-refractivity contribution in [1.82, 2.24) is 4.57 Å². The highest BCUT2D eigenvalue weighted by atomic mass is 16.5. The fourth-order valence-electron chi connectivity index (χ4n) is 3.96. The Morgan fingerprint density at radius 2 is 1.63 bits per heavy atom. The summed E-state index contributed by atoms with van der Waals surface area (Å²) in [5, 5.41) is 16.1. The maximum absolute atomic E-state index is 12.7. The molecule has 0 spiro atoms. The molecule has 0 saturated carbocycles. The zero-order valence-corrected chi connectivity index (χ0v) is 19.4. The predicted molar refractivity (Wildman–Crippen MR) is 134 cm³/mol. The Bertz CT molecular complexity index is 1460. The molecule has 176 valence electrons. The van der Waals surface area contributed by atoms with Crippen molar-refractivity contribution in [2.24, 2.45) is 0 Å². The minimum Gasteiger partial charge on any atom is -0.449 e. The summed E-state index contributed by atoms with van der Waals surface area (Å²) in [5.41, 5.74) is 3.51. The molecule has 4 aromatic rings. The Labute approximate surface area is 202 Å². The second-order valence-electron chi connectivity index (χ2n) is 7.99. The van der Waals surface area contributed by atoms with Crippen molar-refractivity contribution in [2.75, 3.05) is 10.6 Å². The number of hydrogen-bond donors (Lipinski definition) is 2. The van der Waals surface area contributed by atoms with Crippen LogP contribution in [-0.4, -0.2) is 28.5 Å². The van der Waals surface area contributed by atoms with Crippen LogP contribution in [0.4, 0.5) is 11.4 Å². The average molecular weight is 469 g/mol. The number of nitrogens with one attached hydrogen (secondary N) is 2. The molecule has 35 heavy (non-hydrogen) atoms. The third-order valence-corrected chi connectivity index (χ3v) is 5.65. The minimum absolute atomic E-state index is 0.233. The van der Waals surface area contributed by atoms with Gasteiger partial charge in [0, 0.05) is 39.7 Å². The Balaban J connectivity index is 1.43. The summed E-state index contributed by atoms with van der Waals surface area (Å²) < 4.78 is 7.55. The van der Waals surface area contributed by atoms with Crippen LogP contribution < -0.4 is 10.6 Å². The highest BCUT2D eigenvalue weighted by Crippen LogP contribution is 2.31. The number of aryl methyl sites for hydroxylation is 1. The van der Waals surface area contributed by atoms with Gasteiger partial charge in [-0.2, -0.15) is 5.26 Å². The Kier molecular flexibility index (Phi) is 6.78. The number of ether oxygens (including phenoxy) is 1. The number of benzene rings is 3. The lowest BCUT2D eigenvalue weighted by Gasteiger charge is -2.14. The van der Waals surface area contributed by atoms with Crippen molar-refractivity contribution in [3.63, 3.8) is 0 Å². The van der Waals surface area contributed by atoms with Crippen LogP contribution in [0.5, 0.6) is 0 Å². The third kappa shape index (κ3) is 4.99. The van der Waals surface area contributed by atoms with Gasteiger partial charge in [-0.1, -0.05) is 18.2 Å². The lowest BCUT2D eigenvalue weighted by Crippen LogP contribution is -2.30. The zero-order valence-electron chi connectivity index (χ0n) is 19.4. The molecule has 0 unspecified atom stereocenters. The predicted octanol–water partition coefficient (Wildman–Crippen LogP) is 4.85. The molecule has 4 rings (SSSR count). The van der Waals surface area contributed by atoms with E-state index < -0.39 is 23.9 Å². The zero-order chi connectivity index (χ0) is 24.9. The van der Waals surface area contributed by atoms with E-state index in [4.69, 9.17) is 10.00 Å². The summed E-state index contributed by atoms with van der Waals surface area (Å²) in [4.78, 5) is 36.7. The molecule has 0 fully saturated rings. The van der Waals surface area contributed by atoms with Crippen LogP contribution in [0.2, 0.25) is 0 Å². The third-order valence-electron chi connectivity index (χ3n) is 5.65. The average Bonchev–Trinajstić information content (AvgIpc) is 3.17. The van der Waals surface area contributed by atoms with Crippen molar-refractivity contribution in [2.45, 2.75) is 32.9 Å². The van der Waals surface area contributed by atoms with Crippen molar-refractivity contribution in [3.8, 4) is 6.07 Å². The molecule has 0 aliphatic heterocycles. The Hall–Kier alpha value is -4.64. The summed E-state index contributed by atoms with van der Waals surface area (Å²) in [6, 6.07) is 21.6. The smallest absolute Gasteiger partial charge is 0.338 e. The molecule has 3 aromatic carbocycles. The summed E-state index contributed by atoms with van der Waals surface area (Å²) >= 11 is 0. The van der Waals surface area contributed by atoms with Gasteiger partial charge in [0.1, 0.15) is 6.42 Å². The molecule has 0 saturated heterocycles. The van der Waals surface area contributed by atoms with Crippen LogP contribution >= 0.6 is 0 Å². The molecular weight excluding hydrogens is 444 g/mol. The van der Waals surface area contributed by atoms with E-state index in [1.807, 2.05) is 30.3 Å². The van der Waals surface area contributed by atoms with Crippen LogP contribution in [0, 0.1) is 11.3 Å². The van der Waals surface area contributed by atoms with Crippen LogP contribution in [0.1, 0.15) is 30.6 Å². The van der Waals surface area contributed by atoms with E-state index in [0.717, 1.165) is 28.4 Å². The van der Waals surface area contributed by atoms with Crippen LogP contribution in [0.3, 0.4) is 0 Å². The fourth-order valence-corrected chi connectivity index (χ4v) is 3.96. The number of carbonyl (C=O) groups excluding carboxylic acids is 3. The summed E-state index contributed by atoms with van der Waals surface area (Å²) in [5.74, 6) is -1.55. The topological polar surface area (TPSA) is 113 Å². The first-order chi connectivity index (χ1) is 16.9. The van der Waals surface area contributed by atoms with Gasteiger partial charge in [-0.15, -0.1) is 0 Å². The lowest BCUT2D eigenvalue weighted by molar-refractivity contribution is -0.123. The molecule has 1 aromatic heterocycles. The molecule has 2 amide bonds. The number of anilines is 2. The first-order valence-electron chi connectivity index (χ1n) is 11.2. The van der Waals surface area contributed by atoms with E-state index in [1.54, 1.807) is 6.07 Å². The first-order valence-corrected chi connectivity index (χ1v) is 11.2. The van der Waals surface area contributed by atoms with Gasteiger partial charge in [-0.25, -0.2) is 4.79 Å². The number of nitrogens with zero attached hydrogens (tertiary/aromatic N) is 2. The van der Waals surface area contributed by atoms with E-state index in [9.17, 15) is 14.4 Å². The quantitative estimate of drug-likeness (QED) is 0.377. The maximum atomic E-state index is 12.7. The monoisotopic (exact) mass is 468 g/mol. The molecule has 8 heteroatoms. The van der Waals surface area contributed by atoms with Gasteiger partial charge in [0.25, 0.3) is 5.91 Å². The second-order valence-corrected chi connectivity index (χ2v) is 7.99. The summed E-state index contributed by atoms with van der Waals surface area (Å²) in [6.07, 6.45) is -1.28. The van der Waals surface area contributed by atoms with Crippen molar-refractivity contribution in [1.29, 1.82) is 5.26 Å². The molecule has 1 heterocycles. The highest BCUT2D eigenvalue weighted by molar-refractivity contribution is 6.10. The number of amides is 2. The lowest BCUT2D eigenvalue weighted by atomic mass is 10.1. The van der Waals surface area contributed by atoms with Crippen molar-refractivity contribution >= 4 is 51.0 Å². The molecule has 0 aliphatic carbocycles. The molecule has 0 bridgehead atoms. The van der Waals surface area contributed by atoms with E-state index in [1.165, 1.54) is 31.2 Å². The van der Waals surface area contributed by atoms with Gasteiger partial charge in [-0.05, 0) is 62.4 Å². The number of fused-ring (bicyclic) bond motifs is 3. The summed E-state index contributed by atoms with van der Waals surface area (Å²) in [6.45, 7) is 4.43. The largest absolute Gasteiger partial charge is 0.449 e. The molecule has 1 atom stereocenters. The van der Waals surface area contributed by atoms with Crippen molar-refractivity contribution < 1.29 is 19.1 Å². The molecule has 0 aliphatic rings. The number of para-hydroxylation sites is 1. The number of esters is 1. The van der Waals surface area contributed by atoms with Gasteiger partial charge in [0.2, 0.25) is 5.91 Å². The molecule has 2 N–H and O–H groups in total. The molecule has 8 nitrogen and oxygen atoms in total. The number of nitriles is 1. The number of carbonyl (C=O) groups is 3.